The van der Waals surface area contributed by atoms with Gasteiger partial charge in [0.15, 0.2) is 0 Å². The van der Waals surface area contributed by atoms with Gasteiger partial charge in [-0.15, -0.1) is 12.4 Å². The normalized spacial score (nSPS) is 24.9. The molecule has 1 fully saturated rings. The maximum atomic E-state index is 10.4. The second kappa shape index (κ2) is 5.35. The number of aliphatic carboxylic acids is 1. The quantitative estimate of drug-likeness (QED) is 0.592. The molecule has 0 aromatic carbocycles. The molecule has 4 nitrogen and oxygen atoms in total. The maximum Gasteiger partial charge on any atom is 0.323 e. The number of ether oxygens (including phenoxy) is 1. The number of carbonyl (C=O) groups is 1. The van der Waals surface area contributed by atoms with Gasteiger partial charge in [0.1, 0.15) is 6.04 Å². The zero-order chi connectivity index (χ0) is 7.40. The zero-order valence-electron chi connectivity index (χ0n) is 6.08. The third-order valence-corrected chi connectivity index (χ3v) is 1.44. The molecule has 1 aliphatic rings. The Morgan fingerprint density at radius 3 is 3.00 bits per heavy atom. The Hall–Kier alpha value is -0.320. The summed E-state index contributed by atoms with van der Waals surface area (Å²) >= 11 is 0. The number of nitrogens with one attached hydrogen (secondary N) is 1. The van der Waals surface area contributed by atoms with Gasteiger partial charge in [-0.05, 0) is 13.0 Å². The van der Waals surface area contributed by atoms with Gasteiger partial charge >= 0.3 is 5.97 Å². The number of carboxylic acid groups (broad SMARTS) is 1. The Bertz CT molecular complexity index is 123. The number of carboxylic acids is 1. The molecular formula is C6H12ClNO3. The van der Waals surface area contributed by atoms with E-state index >= 15 is 0 Å². The smallest absolute Gasteiger partial charge is 0.323 e. The van der Waals surface area contributed by atoms with E-state index in [4.69, 9.17) is 9.84 Å². The van der Waals surface area contributed by atoms with E-state index in [0.29, 0.717) is 6.61 Å². The van der Waals surface area contributed by atoms with Gasteiger partial charge in [-0.25, -0.2) is 0 Å². The van der Waals surface area contributed by atoms with Gasteiger partial charge in [0.05, 0.1) is 6.61 Å². The fraction of sp³-hybridized carbons (Fsp3) is 0.833. The molecule has 5 heteroatoms. The predicted octanol–water partition coefficient (Wildman–Crippen LogP) is -0.129. The minimum atomic E-state index is -0.832. The van der Waals surface area contributed by atoms with Crippen LogP contribution in [0.25, 0.3) is 0 Å². The maximum absolute atomic E-state index is 10.4. The molecule has 0 radical (unpaired) electrons. The molecule has 2 N–H and O–H groups in total. The lowest BCUT2D eigenvalue weighted by molar-refractivity contribution is -0.140. The molecule has 0 spiro atoms. The average molecular weight is 182 g/mol. The Morgan fingerprint density at radius 2 is 2.36 bits per heavy atom. The lowest BCUT2D eigenvalue weighted by Gasteiger charge is -2.07. The molecule has 0 saturated carbocycles. The van der Waals surface area contributed by atoms with Gasteiger partial charge in [0.25, 0.3) is 0 Å². The highest BCUT2D eigenvalue weighted by Crippen LogP contribution is 1.93. The van der Waals surface area contributed by atoms with E-state index < -0.39 is 12.0 Å². The lowest BCUT2D eigenvalue weighted by atomic mass is 10.3. The number of hydrogen-bond acceptors (Lipinski definition) is 3. The van der Waals surface area contributed by atoms with Crippen LogP contribution in [0.5, 0.6) is 0 Å². The lowest BCUT2D eigenvalue weighted by Crippen LogP contribution is -2.38. The molecule has 0 aliphatic carbocycles. The van der Waals surface area contributed by atoms with E-state index in [9.17, 15) is 4.79 Å². The van der Waals surface area contributed by atoms with Crippen LogP contribution in [0.15, 0.2) is 0 Å². The molecule has 1 atom stereocenters. The first-order chi connectivity index (χ1) is 4.80. The third-order valence-electron chi connectivity index (χ3n) is 1.44. The van der Waals surface area contributed by atoms with Crippen molar-refractivity contribution in [3.8, 4) is 0 Å². The summed E-state index contributed by atoms with van der Waals surface area (Å²) in [7, 11) is 0. The number of rotatable bonds is 1. The van der Waals surface area contributed by atoms with Crippen molar-refractivity contribution in [2.24, 2.45) is 0 Å². The van der Waals surface area contributed by atoms with Crippen molar-refractivity contribution in [1.29, 1.82) is 0 Å². The van der Waals surface area contributed by atoms with Crippen LogP contribution in [-0.4, -0.2) is 36.9 Å². The van der Waals surface area contributed by atoms with Crippen LogP contribution in [0.2, 0.25) is 0 Å². The third kappa shape index (κ3) is 3.55. The molecule has 0 bridgehead atoms. The van der Waals surface area contributed by atoms with Gasteiger partial charge in [-0.3, -0.25) is 4.79 Å². The molecule has 66 valence electrons. The standard InChI is InChI=1S/C6H11NO3.ClH/c8-6(9)5-4-10-3-1-2-7-5;/h5,7H,1-4H2,(H,8,9);1H/t5-;/m1./s1. The highest BCUT2D eigenvalue weighted by molar-refractivity contribution is 5.85. The zero-order valence-corrected chi connectivity index (χ0v) is 6.89. The molecule has 1 heterocycles. The Balaban J connectivity index is 0.000001000. The van der Waals surface area contributed by atoms with Crippen LogP contribution in [0, 0.1) is 0 Å². The van der Waals surface area contributed by atoms with Gasteiger partial charge in [0.2, 0.25) is 0 Å². The summed E-state index contributed by atoms with van der Waals surface area (Å²) in [6.07, 6.45) is 0.893. The van der Waals surface area contributed by atoms with E-state index in [1.165, 1.54) is 0 Å². The summed E-state index contributed by atoms with van der Waals surface area (Å²) in [5.74, 6) is -0.832. The topological polar surface area (TPSA) is 58.6 Å². The first-order valence-electron chi connectivity index (χ1n) is 3.34. The van der Waals surface area contributed by atoms with Crippen LogP contribution >= 0.6 is 12.4 Å². The minimum Gasteiger partial charge on any atom is -0.480 e. The average Bonchev–Trinajstić information content (AvgIpc) is 2.12. The van der Waals surface area contributed by atoms with Crippen molar-refractivity contribution >= 4 is 18.4 Å². The van der Waals surface area contributed by atoms with Crippen LogP contribution < -0.4 is 5.32 Å². The van der Waals surface area contributed by atoms with Gasteiger partial charge < -0.3 is 15.2 Å². The van der Waals surface area contributed by atoms with Crippen LogP contribution in [0.3, 0.4) is 0 Å². The van der Waals surface area contributed by atoms with Crippen molar-refractivity contribution in [3.05, 3.63) is 0 Å². The van der Waals surface area contributed by atoms with Crippen molar-refractivity contribution in [1.82, 2.24) is 5.32 Å². The fourth-order valence-corrected chi connectivity index (χ4v) is 0.869. The van der Waals surface area contributed by atoms with E-state index in [2.05, 4.69) is 5.32 Å². The Morgan fingerprint density at radius 1 is 1.64 bits per heavy atom. The first-order valence-corrected chi connectivity index (χ1v) is 3.34. The summed E-state index contributed by atoms with van der Waals surface area (Å²) < 4.78 is 5.03. The van der Waals surface area contributed by atoms with Crippen molar-refractivity contribution in [3.63, 3.8) is 0 Å². The fourth-order valence-electron chi connectivity index (χ4n) is 0.869. The van der Waals surface area contributed by atoms with Gasteiger partial charge in [-0.1, -0.05) is 0 Å². The summed E-state index contributed by atoms with van der Waals surface area (Å²) in [6, 6.07) is -0.512. The molecule has 1 rings (SSSR count). The van der Waals surface area contributed by atoms with Crippen LogP contribution in [0.1, 0.15) is 6.42 Å². The van der Waals surface area contributed by atoms with E-state index in [1.54, 1.807) is 0 Å². The second-order valence-corrected chi connectivity index (χ2v) is 2.27. The van der Waals surface area contributed by atoms with Gasteiger partial charge in [0, 0.05) is 6.61 Å². The molecule has 11 heavy (non-hydrogen) atoms. The molecule has 0 amide bonds. The first kappa shape index (κ1) is 10.7. The Labute approximate surface area is 71.3 Å². The summed E-state index contributed by atoms with van der Waals surface area (Å²) in [5, 5.41) is 11.4. The van der Waals surface area contributed by atoms with Crippen molar-refractivity contribution < 1.29 is 14.6 Å². The van der Waals surface area contributed by atoms with E-state index in [-0.39, 0.29) is 19.0 Å². The van der Waals surface area contributed by atoms with Crippen LogP contribution in [0.4, 0.5) is 0 Å². The summed E-state index contributed by atoms with van der Waals surface area (Å²) in [5.41, 5.74) is 0. The molecular weight excluding hydrogens is 170 g/mol. The molecule has 1 saturated heterocycles. The predicted molar refractivity (Wildman–Crippen MR) is 42.1 cm³/mol. The summed E-state index contributed by atoms with van der Waals surface area (Å²) in [4.78, 5) is 10.4. The van der Waals surface area contributed by atoms with E-state index in [0.717, 1.165) is 13.0 Å². The van der Waals surface area contributed by atoms with E-state index in [1.807, 2.05) is 0 Å². The SMILES string of the molecule is Cl.O=C(O)[C@H]1COCCCN1. The minimum absolute atomic E-state index is 0. The molecule has 0 unspecified atom stereocenters. The molecule has 0 aromatic rings. The largest absolute Gasteiger partial charge is 0.480 e. The highest BCUT2D eigenvalue weighted by atomic mass is 35.5. The molecule has 0 aromatic heterocycles. The number of halogens is 1. The van der Waals surface area contributed by atoms with Crippen molar-refractivity contribution in [2.45, 2.75) is 12.5 Å². The second-order valence-electron chi connectivity index (χ2n) is 2.27. The molecule has 1 aliphatic heterocycles. The number of hydrogen-bond donors (Lipinski definition) is 2. The highest BCUT2D eigenvalue weighted by Gasteiger charge is 2.18. The van der Waals surface area contributed by atoms with Crippen molar-refractivity contribution in [2.75, 3.05) is 19.8 Å². The Kier molecular flexibility index (Phi) is 5.19. The van der Waals surface area contributed by atoms with Gasteiger partial charge in [-0.2, -0.15) is 0 Å². The summed E-state index contributed by atoms with van der Waals surface area (Å²) in [6.45, 7) is 1.68. The monoisotopic (exact) mass is 181 g/mol. The van der Waals surface area contributed by atoms with Crippen LogP contribution in [-0.2, 0) is 9.53 Å².